The molecule has 0 N–H and O–H groups in total. The highest BCUT2D eigenvalue weighted by Crippen LogP contribution is 2.33. The number of ether oxygens (including phenoxy) is 4. The van der Waals surface area contributed by atoms with E-state index < -0.39 is 5.97 Å². The highest BCUT2D eigenvalue weighted by atomic mass is 79.9. The monoisotopic (exact) mass is 405 g/mol. The molecule has 2 rings (SSSR count). The standard InChI is InChI=1S/C18H16BrNO5/c1-22-16-8-14(19)17(23-2)7-13(16)10-25-18(21)11-24-15-6-4-3-5-12(15)9-20/h3-8H,10-11H2,1-2H3. The average molecular weight is 406 g/mol. The summed E-state index contributed by atoms with van der Waals surface area (Å²) in [6, 6.07) is 12.1. The van der Waals surface area contributed by atoms with Crippen LogP contribution in [0, 0.1) is 11.3 Å². The van der Waals surface area contributed by atoms with Gasteiger partial charge in [-0.2, -0.15) is 5.26 Å². The number of esters is 1. The van der Waals surface area contributed by atoms with Crippen molar-refractivity contribution in [3.63, 3.8) is 0 Å². The van der Waals surface area contributed by atoms with Gasteiger partial charge in [-0.1, -0.05) is 12.1 Å². The molecule has 0 atom stereocenters. The Bertz CT molecular complexity index is 801. The molecule has 0 fully saturated rings. The molecule has 0 heterocycles. The minimum Gasteiger partial charge on any atom is -0.496 e. The Balaban J connectivity index is 1.97. The van der Waals surface area contributed by atoms with Gasteiger partial charge >= 0.3 is 5.97 Å². The fourth-order valence-corrected chi connectivity index (χ4v) is 2.54. The number of rotatable bonds is 7. The van der Waals surface area contributed by atoms with E-state index in [9.17, 15) is 4.79 Å². The van der Waals surface area contributed by atoms with Crippen LogP contribution < -0.4 is 14.2 Å². The molecular formula is C18H16BrNO5. The molecule has 0 amide bonds. The van der Waals surface area contributed by atoms with Crippen LogP contribution in [0.1, 0.15) is 11.1 Å². The quantitative estimate of drug-likeness (QED) is 0.656. The maximum atomic E-state index is 11.9. The van der Waals surface area contributed by atoms with Gasteiger partial charge in [0.1, 0.15) is 29.9 Å². The van der Waals surface area contributed by atoms with Gasteiger partial charge in [0.05, 0.1) is 24.3 Å². The third-order valence-electron chi connectivity index (χ3n) is 3.30. The van der Waals surface area contributed by atoms with E-state index in [0.717, 1.165) is 4.47 Å². The summed E-state index contributed by atoms with van der Waals surface area (Å²) in [6.07, 6.45) is 0. The molecule has 130 valence electrons. The van der Waals surface area contributed by atoms with E-state index in [-0.39, 0.29) is 13.2 Å². The molecule has 7 heteroatoms. The topological polar surface area (TPSA) is 77.8 Å². The third-order valence-corrected chi connectivity index (χ3v) is 3.92. The van der Waals surface area contributed by atoms with Crippen molar-refractivity contribution in [3.05, 3.63) is 52.0 Å². The Morgan fingerprint density at radius 1 is 1.12 bits per heavy atom. The molecule has 0 unspecified atom stereocenters. The van der Waals surface area contributed by atoms with E-state index in [1.165, 1.54) is 7.11 Å². The predicted molar refractivity (Wildman–Crippen MR) is 93.7 cm³/mol. The van der Waals surface area contributed by atoms with Crippen LogP contribution in [0.4, 0.5) is 0 Å². The molecule has 0 bridgehead atoms. The van der Waals surface area contributed by atoms with E-state index in [1.807, 2.05) is 6.07 Å². The number of halogens is 1. The summed E-state index contributed by atoms with van der Waals surface area (Å²) >= 11 is 3.37. The Hall–Kier alpha value is -2.72. The normalized spacial score (nSPS) is 9.84. The summed E-state index contributed by atoms with van der Waals surface area (Å²) < 4.78 is 21.8. The van der Waals surface area contributed by atoms with Gasteiger partial charge in [-0.05, 0) is 40.2 Å². The third kappa shape index (κ3) is 4.88. The highest BCUT2D eigenvalue weighted by molar-refractivity contribution is 9.10. The molecule has 2 aromatic carbocycles. The minimum atomic E-state index is -0.559. The molecule has 0 saturated heterocycles. The molecule has 0 aromatic heterocycles. The van der Waals surface area contributed by atoms with Crippen LogP contribution in [-0.2, 0) is 16.1 Å². The van der Waals surface area contributed by atoms with Crippen molar-refractivity contribution in [2.45, 2.75) is 6.61 Å². The van der Waals surface area contributed by atoms with E-state index in [2.05, 4.69) is 15.9 Å². The molecule has 0 aliphatic rings. The van der Waals surface area contributed by atoms with Crippen LogP contribution in [0.25, 0.3) is 0 Å². The first kappa shape index (κ1) is 18.6. The summed E-state index contributed by atoms with van der Waals surface area (Å²) in [5, 5.41) is 8.99. The average Bonchev–Trinajstić information content (AvgIpc) is 2.65. The number of carbonyl (C=O) groups is 1. The smallest absolute Gasteiger partial charge is 0.344 e. The molecule has 0 aliphatic heterocycles. The van der Waals surface area contributed by atoms with Crippen molar-refractivity contribution in [1.29, 1.82) is 5.26 Å². The van der Waals surface area contributed by atoms with Gasteiger partial charge in [0.15, 0.2) is 6.61 Å². The van der Waals surface area contributed by atoms with Gasteiger partial charge in [-0.15, -0.1) is 0 Å². The van der Waals surface area contributed by atoms with Gasteiger partial charge in [0.2, 0.25) is 0 Å². The number of carbonyl (C=O) groups excluding carboxylic acids is 1. The van der Waals surface area contributed by atoms with Gasteiger partial charge in [-0.3, -0.25) is 0 Å². The first-order chi connectivity index (χ1) is 12.1. The summed E-state index contributed by atoms with van der Waals surface area (Å²) in [5.41, 5.74) is 1.02. The van der Waals surface area contributed by atoms with Crippen molar-refractivity contribution >= 4 is 21.9 Å². The van der Waals surface area contributed by atoms with Crippen LogP contribution in [0.5, 0.6) is 17.2 Å². The summed E-state index contributed by atoms with van der Waals surface area (Å²) in [4.78, 5) is 11.9. The molecule has 25 heavy (non-hydrogen) atoms. The number of methoxy groups -OCH3 is 2. The lowest BCUT2D eigenvalue weighted by atomic mass is 10.2. The van der Waals surface area contributed by atoms with Gasteiger partial charge in [0.25, 0.3) is 0 Å². The second-order valence-corrected chi connectivity index (χ2v) is 5.71. The fraction of sp³-hybridized carbons (Fsp3) is 0.222. The lowest BCUT2D eigenvalue weighted by Gasteiger charge is -2.13. The first-order valence-corrected chi connectivity index (χ1v) is 8.06. The van der Waals surface area contributed by atoms with Gasteiger partial charge < -0.3 is 18.9 Å². The second kappa shape index (κ2) is 8.94. The van der Waals surface area contributed by atoms with E-state index >= 15 is 0 Å². The number of nitrogens with zero attached hydrogens (tertiary/aromatic N) is 1. The van der Waals surface area contributed by atoms with Crippen molar-refractivity contribution < 1.29 is 23.7 Å². The zero-order valence-electron chi connectivity index (χ0n) is 13.7. The van der Waals surface area contributed by atoms with Crippen LogP contribution in [-0.4, -0.2) is 26.8 Å². The Morgan fingerprint density at radius 2 is 1.84 bits per heavy atom. The molecular weight excluding hydrogens is 390 g/mol. The summed E-state index contributed by atoms with van der Waals surface area (Å²) in [7, 11) is 3.07. The van der Waals surface area contributed by atoms with Crippen molar-refractivity contribution in [2.75, 3.05) is 20.8 Å². The highest BCUT2D eigenvalue weighted by Gasteiger charge is 2.13. The second-order valence-electron chi connectivity index (χ2n) is 4.86. The Morgan fingerprint density at radius 3 is 2.52 bits per heavy atom. The zero-order valence-corrected chi connectivity index (χ0v) is 15.3. The SMILES string of the molecule is COc1cc(COC(=O)COc2ccccc2C#N)c(OC)cc1Br. The minimum absolute atomic E-state index is 0.00883. The number of hydrogen-bond donors (Lipinski definition) is 0. The predicted octanol–water partition coefficient (Wildman–Crippen LogP) is 3.46. The van der Waals surface area contributed by atoms with E-state index in [4.69, 9.17) is 24.2 Å². The lowest BCUT2D eigenvalue weighted by Crippen LogP contribution is -2.15. The largest absolute Gasteiger partial charge is 0.496 e. The maximum Gasteiger partial charge on any atom is 0.344 e. The molecule has 0 radical (unpaired) electrons. The Kier molecular flexibility index (Phi) is 6.66. The Labute approximate surface area is 154 Å². The number of hydrogen-bond acceptors (Lipinski definition) is 6. The lowest BCUT2D eigenvalue weighted by molar-refractivity contribution is -0.147. The number of para-hydroxylation sites is 1. The molecule has 0 saturated carbocycles. The summed E-state index contributed by atoms with van der Waals surface area (Å²) in [6.45, 7) is -0.288. The van der Waals surface area contributed by atoms with Crippen molar-refractivity contribution in [1.82, 2.24) is 0 Å². The molecule has 0 spiro atoms. The van der Waals surface area contributed by atoms with Gasteiger partial charge in [-0.25, -0.2) is 4.79 Å². The van der Waals surface area contributed by atoms with Crippen LogP contribution >= 0.6 is 15.9 Å². The number of benzene rings is 2. The van der Waals surface area contributed by atoms with Crippen LogP contribution in [0.2, 0.25) is 0 Å². The zero-order chi connectivity index (χ0) is 18.2. The van der Waals surface area contributed by atoms with E-state index in [0.29, 0.717) is 28.4 Å². The van der Waals surface area contributed by atoms with Crippen LogP contribution in [0.3, 0.4) is 0 Å². The van der Waals surface area contributed by atoms with Crippen LogP contribution in [0.15, 0.2) is 40.9 Å². The van der Waals surface area contributed by atoms with E-state index in [1.54, 1.807) is 43.5 Å². The van der Waals surface area contributed by atoms with Gasteiger partial charge in [0, 0.05) is 5.56 Å². The first-order valence-electron chi connectivity index (χ1n) is 7.27. The summed E-state index contributed by atoms with van der Waals surface area (Å²) in [5.74, 6) is 0.948. The maximum absolute atomic E-state index is 11.9. The van der Waals surface area contributed by atoms with Crippen molar-refractivity contribution in [2.24, 2.45) is 0 Å². The fourth-order valence-electron chi connectivity index (χ4n) is 2.06. The molecule has 6 nitrogen and oxygen atoms in total. The number of nitriles is 1. The van der Waals surface area contributed by atoms with Crippen molar-refractivity contribution in [3.8, 4) is 23.3 Å². The molecule has 0 aliphatic carbocycles. The molecule has 2 aromatic rings.